The van der Waals surface area contributed by atoms with Crippen LogP contribution in [0.1, 0.15) is 15.9 Å². The Kier molecular flexibility index (Phi) is 7.86. The van der Waals surface area contributed by atoms with Gasteiger partial charge in [-0.25, -0.2) is 12.7 Å². The maximum absolute atomic E-state index is 12.4. The minimum absolute atomic E-state index is 0.00282. The number of nitrogens with one attached hydrogen (secondary N) is 3. The normalized spacial score (nSPS) is 11.8. The van der Waals surface area contributed by atoms with Crippen LogP contribution in [0.3, 0.4) is 0 Å². The minimum atomic E-state index is -4.55. The summed E-state index contributed by atoms with van der Waals surface area (Å²) in [6, 6.07) is 10.1. The Hall–Kier alpha value is -3.12. The van der Waals surface area contributed by atoms with E-state index in [1.54, 1.807) is 24.4 Å². The molecule has 32 heavy (non-hydrogen) atoms. The molecule has 0 saturated carbocycles. The van der Waals surface area contributed by atoms with Crippen LogP contribution >= 0.6 is 0 Å². The molecule has 0 unspecified atom stereocenters. The lowest BCUT2D eigenvalue weighted by atomic mass is 10.1. The fraction of sp³-hybridized carbons (Fsp3) is 0.300. The van der Waals surface area contributed by atoms with Gasteiger partial charge in [-0.2, -0.15) is 13.2 Å². The Morgan fingerprint density at radius 1 is 1.03 bits per heavy atom. The number of sulfonamides is 1. The van der Waals surface area contributed by atoms with Crippen molar-refractivity contribution in [2.45, 2.75) is 18.0 Å². The summed E-state index contributed by atoms with van der Waals surface area (Å²) in [7, 11) is -0.919. The van der Waals surface area contributed by atoms with Crippen molar-refractivity contribution in [1.29, 1.82) is 0 Å². The zero-order valence-corrected chi connectivity index (χ0v) is 18.4. The summed E-state index contributed by atoms with van der Waals surface area (Å²) in [6.07, 6.45) is -4.55. The van der Waals surface area contributed by atoms with Crippen LogP contribution in [0.25, 0.3) is 0 Å². The van der Waals surface area contributed by atoms with Gasteiger partial charge in [0, 0.05) is 25.5 Å². The van der Waals surface area contributed by atoms with Gasteiger partial charge in [0.1, 0.15) is 6.54 Å². The molecule has 0 aliphatic rings. The van der Waals surface area contributed by atoms with Crippen LogP contribution in [0, 0.1) is 6.92 Å². The highest BCUT2D eigenvalue weighted by atomic mass is 32.2. The number of amides is 2. The number of benzene rings is 2. The molecule has 3 N–H and O–H groups in total. The summed E-state index contributed by atoms with van der Waals surface area (Å²) < 4.78 is 62.7. The van der Waals surface area contributed by atoms with E-state index in [0.29, 0.717) is 5.56 Å². The highest BCUT2D eigenvalue weighted by molar-refractivity contribution is 7.89. The Bertz CT molecular complexity index is 1100. The third-order valence-corrected chi connectivity index (χ3v) is 6.13. The van der Waals surface area contributed by atoms with Crippen molar-refractivity contribution in [3.05, 3.63) is 53.6 Å². The van der Waals surface area contributed by atoms with Crippen LogP contribution in [0.15, 0.2) is 47.4 Å². The first-order valence-electron chi connectivity index (χ1n) is 9.32. The first-order chi connectivity index (χ1) is 14.8. The van der Waals surface area contributed by atoms with Gasteiger partial charge in [-0.1, -0.05) is 18.2 Å². The highest BCUT2D eigenvalue weighted by Gasteiger charge is 2.28. The SMILES string of the molecule is Cc1ccc(S(=O)(=O)N(C)C)cc1NC(=O)CNc1ccccc1C(=O)NCC(F)(F)F. The molecule has 2 amide bonds. The number of para-hydroxylation sites is 1. The van der Waals surface area contributed by atoms with Crippen molar-refractivity contribution in [1.82, 2.24) is 9.62 Å². The molecule has 0 fully saturated rings. The molecule has 0 heterocycles. The average molecular weight is 472 g/mol. The molecule has 2 rings (SSSR count). The molecule has 0 atom stereocenters. The van der Waals surface area contributed by atoms with Gasteiger partial charge in [-0.15, -0.1) is 0 Å². The largest absolute Gasteiger partial charge is 0.405 e. The lowest BCUT2D eigenvalue weighted by Gasteiger charge is -2.15. The van der Waals surface area contributed by atoms with Crippen LogP contribution < -0.4 is 16.0 Å². The van der Waals surface area contributed by atoms with Gasteiger partial charge >= 0.3 is 6.18 Å². The van der Waals surface area contributed by atoms with Crippen LogP contribution in [-0.2, 0) is 14.8 Å². The monoisotopic (exact) mass is 472 g/mol. The van der Waals surface area contributed by atoms with Gasteiger partial charge in [-0.05, 0) is 36.8 Å². The fourth-order valence-corrected chi connectivity index (χ4v) is 3.52. The fourth-order valence-electron chi connectivity index (χ4n) is 2.59. The van der Waals surface area contributed by atoms with Crippen molar-refractivity contribution < 1.29 is 31.2 Å². The zero-order chi connectivity index (χ0) is 24.1. The first-order valence-corrected chi connectivity index (χ1v) is 10.8. The highest BCUT2D eigenvalue weighted by Crippen LogP contribution is 2.22. The van der Waals surface area contributed by atoms with Crippen LogP contribution in [0.2, 0.25) is 0 Å². The predicted molar refractivity (Wildman–Crippen MR) is 114 cm³/mol. The summed E-state index contributed by atoms with van der Waals surface area (Å²) in [5.74, 6) is -1.48. The van der Waals surface area contributed by atoms with Crippen LogP contribution in [0.4, 0.5) is 24.5 Å². The number of aryl methyl sites for hydroxylation is 1. The molecule has 174 valence electrons. The summed E-state index contributed by atoms with van der Waals surface area (Å²) in [6.45, 7) is -0.102. The third kappa shape index (κ3) is 6.69. The maximum atomic E-state index is 12.4. The number of rotatable bonds is 8. The number of hydrogen-bond donors (Lipinski definition) is 3. The second-order valence-corrected chi connectivity index (χ2v) is 9.16. The number of alkyl halides is 3. The minimum Gasteiger partial charge on any atom is -0.376 e. The number of halogens is 3. The Labute approximate surface area is 183 Å². The van der Waals surface area contributed by atoms with Crippen molar-refractivity contribution >= 4 is 33.2 Å². The van der Waals surface area contributed by atoms with E-state index in [9.17, 15) is 31.2 Å². The zero-order valence-electron chi connectivity index (χ0n) is 17.6. The predicted octanol–water partition coefficient (Wildman–Crippen LogP) is 2.59. The lowest BCUT2D eigenvalue weighted by Crippen LogP contribution is -2.34. The number of nitrogens with zero attached hydrogens (tertiary/aromatic N) is 1. The molecule has 8 nitrogen and oxygen atoms in total. The van der Waals surface area contributed by atoms with E-state index in [1.165, 1.54) is 44.4 Å². The van der Waals surface area contributed by atoms with E-state index in [4.69, 9.17) is 0 Å². The van der Waals surface area contributed by atoms with Crippen LogP contribution in [0.5, 0.6) is 0 Å². The van der Waals surface area contributed by atoms with Crippen molar-refractivity contribution in [2.75, 3.05) is 37.8 Å². The summed E-state index contributed by atoms with van der Waals surface area (Å²) in [5.41, 5.74) is 1.03. The molecule has 0 bridgehead atoms. The molecular formula is C20H23F3N4O4S. The van der Waals surface area contributed by atoms with Gasteiger partial charge < -0.3 is 16.0 Å². The Morgan fingerprint density at radius 3 is 2.31 bits per heavy atom. The third-order valence-electron chi connectivity index (χ3n) is 4.32. The second kappa shape index (κ2) is 10.0. The molecule has 0 saturated heterocycles. The molecule has 0 aliphatic heterocycles. The Balaban J connectivity index is 2.09. The van der Waals surface area contributed by atoms with Crippen molar-refractivity contribution in [2.24, 2.45) is 0 Å². The van der Waals surface area contributed by atoms with E-state index >= 15 is 0 Å². The number of carbonyl (C=O) groups excluding carboxylic acids is 2. The van der Waals surface area contributed by atoms with E-state index in [1.807, 2.05) is 0 Å². The van der Waals surface area contributed by atoms with Gasteiger partial charge in [0.15, 0.2) is 0 Å². The molecule has 2 aromatic carbocycles. The van der Waals surface area contributed by atoms with Gasteiger partial charge in [-0.3, -0.25) is 9.59 Å². The van der Waals surface area contributed by atoms with E-state index in [2.05, 4.69) is 10.6 Å². The van der Waals surface area contributed by atoms with Gasteiger partial charge in [0.2, 0.25) is 15.9 Å². The smallest absolute Gasteiger partial charge is 0.376 e. The van der Waals surface area contributed by atoms with Crippen molar-refractivity contribution in [3.63, 3.8) is 0 Å². The van der Waals surface area contributed by atoms with E-state index < -0.39 is 34.6 Å². The number of carbonyl (C=O) groups is 2. The average Bonchev–Trinajstić information content (AvgIpc) is 2.71. The maximum Gasteiger partial charge on any atom is 0.405 e. The summed E-state index contributed by atoms with van der Waals surface area (Å²) in [5, 5.41) is 7.08. The van der Waals surface area contributed by atoms with Gasteiger partial charge in [0.05, 0.1) is 17.0 Å². The van der Waals surface area contributed by atoms with Crippen LogP contribution in [-0.4, -0.2) is 57.9 Å². The Morgan fingerprint density at radius 2 is 1.69 bits per heavy atom. The number of hydrogen-bond acceptors (Lipinski definition) is 5. The molecule has 0 aromatic heterocycles. The number of anilines is 2. The molecule has 0 aliphatic carbocycles. The summed E-state index contributed by atoms with van der Waals surface area (Å²) >= 11 is 0. The molecule has 12 heteroatoms. The molecule has 0 spiro atoms. The molecule has 2 aromatic rings. The van der Waals surface area contributed by atoms with Gasteiger partial charge in [0.25, 0.3) is 5.91 Å². The second-order valence-electron chi connectivity index (χ2n) is 7.01. The van der Waals surface area contributed by atoms with Crippen molar-refractivity contribution in [3.8, 4) is 0 Å². The molecular weight excluding hydrogens is 449 g/mol. The topological polar surface area (TPSA) is 108 Å². The quantitative estimate of drug-likeness (QED) is 0.548. The lowest BCUT2D eigenvalue weighted by molar-refractivity contribution is -0.123. The van der Waals surface area contributed by atoms with E-state index in [-0.39, 0.29) is 28.4 Å². The first kappa shape index (κ1) is 25.1. The standard InChI is InChI=1S/C20H23F3N4O4S/c1-13-8-9-14(32(30,31)27(2)3)10-17(13)26-18(28)11-24-16-7-5-4-6-15(16)19(29)25-12-20(21,22)23/h4-10,24H,11-12H2,1-3H3,(H,25,29)(H,26,28). The van der Waals surface area contributed by atoms with E-state index in [0.717, 1.165) is 4.31 Å². The molecule has 0 radical (unpaired) electrons. The summed E-state index contributed by atoms with van der Waals surface area (Å²) in [4.78, 5) is 24.5.